The Morgan fingerprint density at radius 2 is 1.75 bits per heavy atom. The van der Waals surface area contributed by atoms with Crippen LogP contribution in [0.1, 0.15) is 21.8 Å². The Morgan fingerprint density at radius 3 is 2.38 bits per heavy atom. The predicted octanol–water partition coefficient (Wildman–Crippen LogP) is 4.46. The van der Waals surface area contributed by atoms with Gasteiger partial charge in [0.2, 0.25) is 0 Å². The van der Waals surface area contributed by atoms with Crippen LogP contribution in [0.4, 0.5) is 0 Å². The second kappa shape index (κ2) is 4.58. The van der Waals surface area contributed by atoms with Crippen LogP contribution in [0.15, 0.2) is 33.8 Å². The molecule has 0 aliphatic heterocycles. The number of rotatable bonds is 1. The highest BCUT2D eigenvalue weighted by Gasteiger charge is 2.40. The van der Waals surface area contributed by atoms with E-state index in [0.29, 0.717) is 5.56 Å². The average molecular weight is 296 g/mol. The maximum Gasteiger partial charge on any atom is 0.181 e. The van der Waals surface area contributed by atoms with Gasteiger partial charge in [0.05, 0.1) is 5.03 Å². The van der Waals surface area contributed by atoms with Crippen molar-refractivity contribution in [2.75, 3.05) is 0 Å². The molecule has 0 heterocycles. The Hall–Kier alpha value is -0.210. The van der Waals surface area contributed by atoms with Gasteiger partial charge in [0, 0.05) is 11.5 Å². The zero-order chi connectivity index (χ0) is 11.9. The summed E-state index contributed by atoms with van der Waals surface area (Å²) >= 11 is 23.3. The molecule has 5 heteroatoms. The Kier molecular flexibility index (Phi) is 3.50. The quantitative estimate of drug-likeness (QED) is 0.699. The van der Waals surface area contributed by atoms with Crippen LogP contribution in [0.5, 0.6) is 0 Å². The molecule has 1 nitrogen and oxygen atoms in total. The summed E-state index contributed by atoms with van der Waals surface area (Å²) in [5.41, 5.74) is 1.36. The van der Waals surface area contributed by atoms with Crippen molar-refractivity contribution in [3.8, 4) is 0 Å². The fourth-order valence-electron chi connectivity index (χ4n) is 1.83. The van der Waals surface area contributed by atoms with Crippen LogP contribution in [0.25, 0.3) is 0 Å². The van der Waals surface area contributed by atoms with E-state index in [-0.39, 0.29) is 15.3 Å². The molecular formula is C11H6Cl4O. The molecule has 16 heavy (non-hydrogen) atoms. The van der Waals surface area contributed by atoms with Crippen molar-refractivity contribution in [2.24, 2.45) is 0 Å². The van der Waals surface area contributed by atoms with E-state index in [1.54, 1.807) is 18.2 Å². The van der Waals surface area contributed by atoms with Gasteiger partial charge in [0.1, 0.15) is 9.87 Å². The van der Waals surface area contributed by atoms with Crippen LogP contribution >= 0.6 is 46.4 Å². The Morgan fingerprint density at radius 1 is 1.12 bits per heavy atom. The van der Waals surface area contributed by atoms with Crippen LogP contribution in [0, 0.1) is 0 Å². The average Bonchev–Trinajstić information content (AvgIpc) is 2.52. The standard InChI is InChI=1S/C11H6Cl4O/c12-8-7(9(13)11(14)15)5-3-1-2-4-6(5)10(8)16/h1-4,7-8H/t7-,8-/m1/s1. The number of fused-ring (bicyclic) bond motifs is 1. The van der Waals surface area contributed by atoms with Gasteiger partial charge in [-0.3, -0.25) is 4.79 Å². The molecule has 2 rings (SSSR count). The summed E-state index contributed by atoms with van der Waals surface area (Å²) in [6.07, 6.45) is 0. The van der Waals surface area contributed by atoms with Crippen LogP contribution < -0.4 is 0 Å². The van der Waals surface area contributed by atoms with Gasteiger partial charge in [-0.15, -0.1) is 11.6 Å². The van der Waals surface area contributed by atoms with Gasteiger partial charge in [-0.2, -0.15) is 0 Å². The smallest absolute Gasteiger partial charge is 0.181 e. The lowest BCUT2D eigenvalue weighted by molar-refractivity contribution is 0.0995. The molecule has 0 amide bonds. The van der Waals surface area contributed by atoms with Crippen LogP contribution in [-0.2, 0) is 0 Å². The molecule has 1 aliphatic carbocycles. The largest absolute Gasteiger partial charge is 0.292 e. The molecule has 1 aliphatic rings. The zero-order valence-corrected chi connectivity index (χ0v) is 10.9. The van der Waals surface area contributed by atoms with Gasteiger partial charge < -0.3 is 0 Å². The summed E-state index contributed by atoms with van der Waals surface area (Å²) in [5.74, 6) is -0.591. The maximum atomic E-state index is 11.8. The third-order valence-electron chi connectivity index (χ3n) is 2.56. The highest BCUT2D eigenvalue weighted by atomic mass is 35.5. The third-order valence-corrected chi connectivity index (χ3v) is 4.03. The first kappa shape index (κ1) is 12.3. The molecular weight excluding hydrogens is 290 g/mol. The number of allylic oxidation sites excluding steroid dienone is 1. The molecule has 0 aromatic heterocycles. The highest BCUT2D eigenvalue weighted by Crippen LogP contribution is 2.44. The fraction of sp³-hybridized carbons (Fsp3) is 0.182. The van der Waals surface area contributed by atoms with Gasteiger partial charge >= 0.3 is 0 Å². The minimum absolute atomic E-state index is 0.0539. The zero-order valence-electron chi connectivity index (χ0n) is 7.88. The lowest BCUT2D eigenvalue weighted by atomic mass is 10.0. The molecule has 0 saturated heterocycles. The van der Waals surface area contributed by atoms with E-state index in [2.05, 4.69) is 0 Å². The first-order chi connectivity index (χ1) is 7.54. The molecule has 84 valence electrons. The van der Waals surface area contributed by atoms with Crippen molar-refractivity contribution in [3.05, 3.63) is 44.9 Å². The number of carbonyl (C=O) groups is 1. The highest BCUT2D eigenvalue weighted by molar-refractivity contribution is 6.59. The van der Waals surface area contributed by atoms with E-state index in [4.69, 9.17) is 46.4 Å². The molecule has 1 aromatic rings. The molecule has 0 N–H and O–H groups in total. The van der Waals surface area contributed by atoms with E-state index in [0.717, 1.165) is 5.56 Å². The predicted molar refractivity (Wildman–Crippen MR) is 67.7 cm³/mol. The lowest BCUT2D eigenvalue weighted by Crippen LogP contribution is -2.13. The van der Waals surface area contributed by atoms with Gasteiger partial charge in [-0.1, -0.05) is 59.1 Å². The number of hydrogen-bond acceptors (Lipinski definition) is 1. The normalized spacial score (nSPS) is 23.1. The first-order valence-corrected chi connectivity index (χ1v) is 6.09. The Bertz CT molecular complexity index is 477. The van der Waals surface area contributed by atoms with Gasteiger partial charge in [0.15, 0.2) is 5.78 Å². The van der Waals surface area contributed by atoms with Crippen molar-refractivity contribution in [1.82, 2.24) is 0 Å². The summed E-state index contributed by atoms with van der Waals surface area (Å²) < 4.78 is -0.0539. The number of carbonyl (C=O) groups excluding carboxylic acids is 1. The van der Waals surface area contributed by atoms with Crippen LogP contribution in [0.3, 0.4) is 0 Å². The number of alkyl halides is 1. The number of ketones is 1. The first-order valence-electron chi connectivity index (χ1n) is 4.52. The molecule has 0 saturated carbocycles. The van der Waals surface area contributed by atoms with Gasteiger partial charge in [-0.25, -0.2) is 0 Å². The lowest BCUT2D eigenvalue weighted by Gasteiger charge is -2.13. The molecule has 0 bridgehead atoms. The van der Waals surface area contributed by atoms with E-state index < -0.39 is 11.3 Å². The van der Waals surface area contributed by atoms with Crippen molar-refractivity contribution in [2.45, 2.75) is 11.3 Å². The fourth-order valence-corrected chi connectivity index (χ4v) is 2.76. The van der Waals surface area contributed by atoms with Crippen LogP contribution in [-0.4, -0.2) is 11.2 Å². The Labute approximate surface area is 113 Å². The summed E-state index contributed by atoms with van der Waals surface area (Å²) in [7, 11) is 0. The molecule has 0 unspecified atom stereocenters. The second-order valence-corrected chi connectivity index (χ2v) is 5.27. The number of benzene rings is 1. The van der Waals surface area contributed by atoms with E-state index in [9.17, 15) is 4.79 Å². The van der Waals surface area contributed by atoms with Gasteiger partial charge in [-0.05, 0) is 5.56 Å². The SMILES string of the molecule is O=C1c2ccccc2[C@@H](C(Cl)=C(Cl)Cl)[C@H]1Cl. The maximum absolute atomic E-state index is 11.8. The summed E-state index contributed by atoms with van der Waals surface area (Å²) in [5, 5.41) is -0.529. The third kappa shape index (κ3) is 1.86. The molecule has 0 radical (unpaired) electrons. The van der Waals surface area contributed by atoms with Gasteiger partial charge in [0.25, 0.3) is 0 Å². The van der Waals surface area contributed by atoms with Crippen molar-refractivity contribution in [1.29, 1.82) is 0 Å². The molecule has 0 fully saturated rings. The van der Waals surface area contributed by atoms with E-state index >= 15 is 0 Å². The number of Topliss-reactive ketones (excluding diaryl/α,β-unsaturated/α-hetero) is 1. The minimum atomic E-state index is -0.739. The van der Waals surface area contributed by atoms with Crippen LogP contribution in [0.2, 0.25) is 0 Å². The molecule has 0 spiro atoms. The van der Waals surface area contributed by atoms with Crippen molar-refractivity contribution >= 4 is 52.2 Å². The summed E-state index contributed by atoms with van der Waals surface area (Å²) in [6.45, 7) is 0. The van der Waals surface area contributed by atoms with E-state index in [1.165, 1.54) is 0 Å². The second-order valence-electron chi connectivity index (χ2n) is 3.44. The summed E-state index contributed by atoms with van der Waals surface area (Å²) in [4.78, 5) is 11.8. The van der Waals surface area contributed by atoms with E-state index in [1.807, 2.05) is 6.07 Å². The van der Waals surface area contributed by atoms with Crippen molar-refractivity contribution in [3.63, 3.8) is 0 Å². The number of halogens is 4. The topological polar surface area (TPSA) is 17.1 Å². The monoisotopic (exact) mass is 294 g/mol. The minimum Gasteiger partial charge on any atom is -0.292 e. The molecule has 2 atom stereocenters. The number of hydrogen-bond donors (Lipinski definition) is 0. The summed E-state index contributed by atoms with van der Waals surface area (Å²) in [6, 6.07) is 7.13. The molecule has 1 aromatic carbocycles. The van der Waals surface area contributed by atoms with Crippen molar-refractivity contribution < 1.29 is 4.79 Å². The Balaban J connectivity index is 2.58.